The molecule has 1 saturated heterocycles. The smallest absolute Gasteiger partial charge is 0.412 e. The molecule has 1 atom stereocenters. The number of carboxylic acid groups (broad SMARTS) is 1. The number of anilines is 1. The molecule has 2 N–H and O–H groups in total. The van der Waals surface area contributed by atoms with Crippen LogP contribution in [0.5, 0.6) is 5.75 Å². The molecular formula is C26H38N2O8. The summed E-state index contributed by atoms with van der Waals surface area (Å²) >= 11 is 0. The van der Waals surface area contributed by atoms with Crippen LogP contribution in [0, 0.1) is 6.92 Å². The van der Waals surface area contributed by atoms with E-state index < -0.39 is 23.6 Å². The molecule has 1 aliphatic heterocycles. The van der Waals surface area contributed by atoms with Gasteiger partial charge in [0.15, 0.2) is 0 Å². The zero-order valence-corrected chi connectivity index (χ0v) is 21.8. The highest BCUT2D eigenvalue weighted by Gasteiger charge is 2.32. The van der Waals surface area contributed by atoms with E-state index in [1.165, 1.54) is 6.92 Å². The number of nitrogens with one attached hydrogen (secondary N) is 1. The first-order valence-corrected chi connectivity index (χ1v) is 12.3. The number of likely N-dealkylation sites (tertiary alicyclic amines) is 1. The fourth-order valence-electron chi connectivity index (χ4n) is 3.92. The van der Waals surface area contributed by atoms with Crippen LogP contribution in [0.3, 0.4) is 0 Å². The molecule has 0 aliphatic carbocycles. The Morgan fingerprint density at radius 2 is 1.86 bits per heavy atom. The van der Waals surface area contributed by atoms with E-state index in [0.717, 1.165) is 12.8 Å². The number of nitrogens with zero attached hydrogens (tertiary/aromatic N) is 1. The lowest BCUT2D eigenvalue weighted by molar-refractivity contribution is -0.142. The molecule has 0 bridgehead atoms. The molecule has 1 heterocycles. The van der Waals surface area contributed by atoms with E-state index in [1.807, 2.05) is 6.92 Å². The average molecular weight is 507 g/mol. The molecule has 0 unspecified atom stereocenters. The van der Waals surface area contributed by atoms with Crippen molar-refractivity contribution < 1.29 is 38.5 Å². The quantitative estimate of drug-likeness (QED) is 0.330. The summed E-state index contributed by atoms with van der Waals surface area (Å²) in [6, 6.07) is 3.05. The Kier molecular flexibility index (Phi) is 10.6. The SMILES string of the molecule is CC(=O)OC[C@@H]1CCCN1C(=O)c1cc(C)c(OCCCCCC(=O)O)cc1NC(=O)OC(C)(C)C. The number of benzene rings is 1. The lowest BCUT2D eigenvalue weighted by atomic mass is 10.1. The molecule has 0 aromatic heterocycles. The van der Waals surface area contributed by atoms with Gasteiger partial charge in [-0.05, 0) is 71.4 Å². The molecule has 0 radical (unpaired) electrons. The molecule has 10 heteroatoms. The van der Waals surface area contributed by atoms with Crippen molar-refractivity contribution in [2.75, 3.05) is 25.1 Å². The summed E-state index contributed by atoms with van der Waals surface area (Å²) in [7, 11) is 0. The summed E-state index contributed by atoms with van der Waals surface area (Å²) in [6.45, 7) is 9.40. The van der Waals surface area contributed by atoms with Crippen LogP contribution in [0.1, 0.15) is 82.1 Å². The first kappa shape index (κ1) is 28.9. The summed E-state index contributed by atoms with van der Waals surface area (Å²) in [6.07, 6.45) is 2.88. The largest absolute Gasteiger partial charge is 0.493 e. The molecule has 10 nitrogen and oxygen atoms in total. The summed E-state index contributed by atoms with van der Waals surface area (Å²) in [5.74, 6) is -0.993. The van der Waals surface area contributed by atoms with Gasteiger partial charge in [0.05, 0.1) is 23.9 Å². The van der Waals surface area contributed by atoms with Gasteiger partial charge in [0.1, 0.15) is 18.0 Å². The number of carboxylic acids is 1. The molecule has 1 aliphatic rings. The highest BCUT2D eigenvalue weighted by atomic mass is 16.6. The Morgan fingerprint density at radius 1 is 1.14 bits per heavy atom. The Labute approximate surface area is 212 Å². The molecule has 2 rings (SSSR count). The molecule has 1 aromatic rings. The van der Waals surface area contributed by atoms with Crippen molar-refractivity contribution >= 4 is 29.6 Å². The van der Waals surface area contributed by atoms with Crippen LogP contribution in [-0.4, -0.2) is 65.3 Å². The third-order valence-corrected chi connectivity index (χ3v) is 5.59. The van der Waals surface area contributed by atoms with Crippen molar-refractivity contribution in [3.8, 4) is 5.75 Å². The Bertz CT molecular complexity index is 954. The maximum Gasteiger partial charge on any atom is 0.412 e. The minimum atomic E-state index is -0.821. The first-order chi connectivity index (χ1) is 16.9. The minimum absolute atomic E-state index is 0.120. The average Bonchev–Trinajstić information content (AvgIpc) is 3.23. The summed E-state index contributed by atoms with van der Waals surface area (Å²) in [4.78, 5) is 49.7. The van der Waals surface area contributed by atoms with Crippen LogP contribution in [0.2, 0.25) is 0 Å². The van der Waals surface area contributed by atoms with Crippen LogP contribution in [0.4, 0.5) is 10.5 Å². The van der Waals surface area contributed by atoms with Crippen molar-refractivity contribution in [2.24, 2.45) is 0 Å². The van der Waals surface area contributed by atoms with Crippen LogP contribution in [-0.2, 0) is 19.1 Å². The van der Waals surface area contributed by atoms with Gasteiger partial charge in [0.25, 0.3) is 5.91 Å². The second-order valence-electron chi connectivity index (χ2n) is 9.94. The topological polar surface area (TPSA) is 131 Å². The maximum absolute atomic E-state index is 13.5. The normalized spacial score (nSPS) is 15.4. The molecule has 200 valence electrons. The van der Waals surface area contributed by atoms with E-state index >= 15 is 0 Å². The van der Waals surface area contributed by atoms with Crippen LogP contribution < -0.4 is 10.1 Å². The lowest BCUT2D eigenvalue weighted by Gasteiger charge is -2.26. The van der Waals surface area contributed by atoms with Gasteiger partial charge in [-0.15, -0.1) is 0 Å². The number of esters is 1. The second-order valence-corrected chi connectivity index (χ2v) is 9.94. The van der Waals surface area contributed by atoms with E-state index in [9.17, 15) is 19.2 Å². The number of ether oxygens (including phenoxy) is 3. The summed E-state index contributed by atoms with van der Waals surface area (Å²) in [5, 5.41) is 11.4. The van der Waals surface area contributed by atoms with Gasteiger partial charge in [0.2, 0.25) is 0 Å². The Hall–Kier alpha value is -3.30. The predicted octanol–water partition coefficient (Wildman–Crippen LogP) is 4.53. The van der Waals surface area contributed by atoms with Gasteiger partial charge in [0, 0.05) is 26.0 Å². The third kappa shape index (κ3) is 9.39. The number of aliphatic carboxylic acids is 1. The molecule has 0 saturated carbocycles. The van der Waals surface area contributed by atoms with Gasteiger partial charge < -0.3 is 24.2 Å². The predicted molar refractivity (Wildman–Crippen MR) is 133 cm³/mol. The number of carbonyl (C=O) groups is 4. The lowest BCUT2D eigenvalue weighted by Crippen LogP contribution is -2.39. The number of rotatable bonds is 11. The van der Waals surface area contributed by atoms with Gasteiger partial charge >= 0.3 is 18.0 Å². The monoisotopic (exact) mass is 506 g/mol. The van der Waals surface area contributed by atoms with Crippen molar-refractivity contribution in [3.05, 3.63) is 23.3 Å². The number of hydrogen-bond acceptors (Lipinski definition) is 7. The third-order valence-electron chi connectivity index (χ3n) is 5.59. The van der Waals surface area contributed by atoms with Gasteiger partial charge in [-0.1, -0.05) is 0 Å². The number of unbranched alkanes of at least 4 members (excludes halogenated alkanes) is 2. The van der Waals surface area contributed by atoms with Crippen molar-refractivity contribution in [1.82, 2.24) is 4.90 Å². The zero-order chi connectivity index (χ0) is 26.9. The second kappa shape index (κ2) is 13.1. The van der Waals surface area contributed by atoms with Crippen LogP contribution >= 0.6 is 0 Å². The highest BCUT2D eigenvalue weighted by molar-refractivity contribution is 6.03. The van der Waals surface area contributed by atoms with E-state index in [4.69, 9.17) is 19.3 Å². The number of carbonyl (C=O) groups excluding carboxylic acids is 3. The fraction of sp³-hybridized carbons (Fsp3) is 0.615. The fourth-order valence-corrected chi connectivity index (χ4v) is 3.92. The van der Waals surface area contributed by atoms with Crippen molar-refractivity contribution in [1.29, 1.82) is 0 Å². The molecule has 1 fully saturated rings. The van der Waals surface area contributed by atoms with E-state index in [-0.39, 0.29) is 30.7 Å². The van der Waals surface area contributed by atoms with Gasteiger partial charge in [-0.25, -0.2) is 4.79 Å². The van der Waals surface area contributed by atoms with Crippen LogP contribution in [0.15, 0.2) is 12.1 Å². The van der Waals surface area contributed by atoms with E-state index in [0.29, 0.717) is 49.3 Å². The maximum atomic E-state index is 13.5. The van der Waals surface area contributed by atoms with Crippen molar-refractivity contribution in [3.63, 3.8) is 0 Å². The number of amides is 2. The van der Waals surface area contributed by atoms with E-state index in [1.54, 1.807) is 37.8 Å². The summed E-state index contributed by atoms with van der Waals surface area (Å²) < 4.78 is 16.4. The molecular weight excluding hydrogens is 468 g/mol. The zero-order valence-electron chi connectivity index (χ0n) is 21.8. The minimum Gasteiger partial charge on any atom is -0.493 e. The molecule has 0 spiro atoms. The van der Waals surface area contributed by atoms with Crippen LogP contribution in [0.25, 0.3) is 0 Å². The Morgan fingerprint density at radius 3 is 2.50 bits per heavy atom. The van der Waals surface area contributed by atoms with E-state index in [2.05, 4.69) is 5.32 Å². The first-order valence-electron chi connectivity index (χ1n) is 12.3. The van der Waals surface area contributed by atoms with Gasteiger partial charge in [-0.3, -0.25) is 19.7 Å². The molecule has 1 aromatic carbocycles. The standard InChI is InChI=1S/C26H38N2O8/c1-17-14-20(24(32)28-12-9-10-19(28)16-35-18(2)29)21(27-25(33)36-26(3,4)5)15-22(17)34-13-8-6-7-11-23(30)31/h14-15,19H,6-13,16H2,1-5H3,(H,27,33)(H,30,31)/t19-/m0/s1. The van der Waals surface area contributed by atoms with Gasteiger partial charge in [-0.2, -0.15) is 0 Å². The number of hydrogen-bond donors (Lipinski definition) is 2. The highest BCUT2D eigenvalue weighted by Crippen LogP contribution is 2.31. The Balaban J connectivity index is 2.23. The number of aryl methyl sites for hydroxylation is 1. The molecule has 36 heavy (non-hydrogen) atoms. The van der Waals surface area contributed by atoms with Crippen molar-refractivity contribution in [2.45, 2.75) is 84.8 Å². The summed E-state index contributed by atoms with van der Waals surface area (Å²) in [5.41, 5.74) is 0.549. The molecule has 2 amide bonds.